The molecule has 3 heteroatoms. The van der Waals surface area contributed by atoms with E-state index in [1.165, 1.54) is 29.7 Å². The van der Waals surface area contributed by atoms with Crippen molar-refractivity contribution in [3.05, 3.63) is 57.7 Å². The van der Waals surface area contributed by atoms with Gasteiger partial charge in [-0.15, -0.1) is 0 Å². The molecule has 18 heavy (non-hydrogen) atoms. The monoisotopic (exact) mass is 302 g/mol. The Balaban J connectivity index is 1.68. The molecule has 0 atom stereocenters. The first-order valence-corrected chi connectivity index (χ1v) is 7.08. The Labute approximate surface area is 116 Å². The number of aromatic nitrogens is 1. The van der Waals surface area contributed by atoms with Crippen LogP contribution in [0.25, 0.3) is 0 Å². The molecule has 1 aliphatic carbocycles. The van der Waals surface area contributed by atoms with Gasteiger partial charge in [0, 0.05) is 16.7 Å². The molecule has 0 radical (unpaired) electrons. The van der Waals surface area contributed by atoms with E-state index in [0.717, 1.165) is 23.3 Å². The maximum Gasteiger partial charge on any atom is 0.126 e. The van der Waals surface area contributed by atoms with Crippen LogP contribution in [-0.4, -0.2) is 4.98 Å². The number of hydrogen-bond acceptors (Lipinski definition) is 2. The van der Waals surface area contributed by atoms with Crippen LogP contribution in [0.5, 0.6) is 0 Å². The number of nitrogens with one attached hydrogen (secondary N) is 1. The van der Waals surface area contributed by atoms with E-state index in [4.69, 9.17) is 0 Å². The van der Waals surface area contributed by atoms with Crippen LogP contribution < -0.4 is 5.32 Å². The Morgan fingerprint density at radius 3 is 2.72 bits per heavy atom. The molecule has 0 amide bonds. The van der Waals surface area contributed by atoms with E-state index in [0.29, 0.717) is 0 Å². The minimum Gasteiger partial charge on any atom is -0.366 e. The highest BCUT2D eigenvalue weighted by atomic mass is 79.9. The molecule has 1 N–H and O–H groups in total. The van der Waals surface area contributed by atoms with Crippen molar-refractivity contribution in [1.82, 2.24) is 4.98 Å². The van der Waals surface area contributed by atoms with Crippen molar-refractivity contribution >= 4 is 21.7 Å². The minimum absolute atomic E-state index is 0.819. The molecule has 0 spiro atoms. The summed E-state index contributed by atoms with van der Waals surface area (Å²) in [5.74, 6) is 0.985. The highest BCUT2D eigenvalue weighted by Crippen LogP contribution is 2.21. The number of rotatable bonds is 3. The molecule has 1 aromatic carbocycles. The molecular formula is C15H15BrN2. The summed E-state index contributed by atoms with van der Waals surface area (Å²) in [5, 5.41) is 3.38. The van der Waals surface area contributed by atoms with Crippen molar-refractivity contribution in [2.75, 3.05) is 5.32 Å². The van der Waals surface area contributed by atoms with Gasteiger partial charge in [-0.1, -0.05) is 34.1 Å². The lowest BCUT2D eigenvalue weighted by Gasteiger charge is -2.07. The van der Waals surface area contributed by atoms with E-state index in [1.807, 2.05) is 0 Å². The third-order valence-corrected chi connectivity index (χ3v) is 3.84. The Bertz CT molecular complexity index is 549. The lowest BCUT2D eigenvalue weighted by atomic mass is 10.2. The average Bonchev–Trinajstić information content (AvgIpc) is 2.85. The molecule has 0 saturated carbocycles. The number of pyridine rings is 1. The van der Waals surface area contributed by atoms with E-state index in [9.17, 15) is 0 Å². The van der Waals surface area contributed by atoms with Gasteiger partial charge in [0.1, 0.15) is 5.82 Å². The third-order valence-electron chi connectivity index (χ3n) is 3.32. The fourth-order valence-electron chi connectivity index (χ4n) is 2.31. The van der Waals surface area contributed by atoms with Crippen LogP contribution in [-0.2, 0) is 19.4 Å². The SMILES string of the molecule is Brc1ccc(CNc2ccc3c(n2)CCC3)cc1. The third kappa shape index (κ3) is 2.56. The second kappa shape index (κ2) is 5.11. The lowest BCUT2D eigenvalue weighted by molar-refractivity contribution is 0.899. The standard InChI is InChI=1S/C15H15BrN2/c16-13-7-4-11(5-8-13)10-17-15-9-6-12-2-1-3-14(12)18-15/h4-9H,1-3,10H2,(H,17,18). The van der Waals surface area contributed by atoms with Crippen molar-refractivity contribution in [3.8, 4) is 0 Å². The number of halogens is 1. The van der Waals surface area contributed by atoms with Gasteiger partial charge < -0.3 is 5.32 Å². The van der Waals surface area contributed by atoms with Crippen molar-refractivity contribution in [3.63, 3.8) is 0 Å². The molecule has 1 aliphatic rings. The van der Waals surface area contributed by atoms with Crippen LogP contribution in [0.1, 0.15) is 23.2 Å². The molecule has 2 nitrogen and oxygen atoms in total. The summed E-state index contributed by atoms with van der Waals surface area (Å²) in [5.41, 5.74) is 3.96. The number of hydrogen-bond donors (Lipinski definition) is 1. The van der Waals surface area contributed by atoms with Gasteiger partial charge in [-0.05, 0) is 48.6 Å². The first kappa shape index (κ1) is 11.7. The fraction of sp³-hybridized carbons (Fsp3) is 0.267. The van der Waals surface area contributed by atoms with E-state index in [1.54, 1.807) is 0 Å². The number of aryl methyl sites for hydroxylation is 2. The van der Waals surface area contributed by atoms with Gasteiger partial charge in [0.25, 0.3) is 0 Å². The summed E-state index contributed by atoms with van der Waals surface area (Å²) >= 11 is 3.44. The smallest absolute Gasteiger partial charge is 0.126 e. The Kier molecular flexibility index (Phi) is 3.33. The maximum absolute atomic E-state index is 4.67. The molecule has 0 bridgehead atoms. The van der Waals surface area contributed by atoms with Crippen molar-refractivity contribution in [1.29, 1.82) is 0 Å². The highest BCUT2D eigenvalue weighted by molar-refractivity contribution is 9.10. The van der Waals surface area contributed by atoms with E-state index in [-0.39, 0.29) is 0 Å². The van der Waals surface area contributed by atoms with Crippen LogP contribution in [0.3, 0.4) is 0 Å². The summed E-state index contributed by atoms with van der Waals surface area (Å²) in [7, 11) is 0. The van der Waals surface area contributed by atoms with Crippen LogP contribution in [0.2, 0.25) is 0 Å². The largest absolute Gasteiger partial charge is 0.366 e. The second-order valence-electron chi connectivity index (χ2n) is 4.64. The van der Waals surface area contributed by atoms with Crippen molar-refractivity contribution in [2.45, 2.75) is 25.8 Å². The van der Waals surface area contributed by atoms with Gasteiger partial charge in [0.15, 0.2) is 0 Å². The number of anilines is 1. The van der Waals surface area contributed by atoms with Gasteiger partial charge in [0.2, 0.25) is 0 Å². The predicted octanol–water partition coefficient (Wildman–Crippen LogP) is 3.94. The molecule has 2 aromatic rings. The molecule has 92 valence electrons. The first-order chi connectivity index (χ1) is 8.81. The van der Waals surface area contributed by atoms with Crippen LogP contribution in [0.15, 0.2) is 40.9 Å². The maximum atomic E-state index is 4.67. The van der Waals surface area contributed by atoms with E-state index >= 15 is 0 Å². The van der Waals surface area contributed by atoms with Gasteiger partial charge in [0.05, 0.1) is 0 Å². The highest BCUT2D eigenvalue weighted by Gasteiger charge is 2.12. The normalized spacial score (nSPS) is 13.4. The Morgan fingerprint density at radius 2 is 1.89 bits per heavy atom. The number of fused-ring (bicyclic) bond motifs is 1. The molecule has 0 saturated heterocycles. The summed E-state index contributed by atoms with van der Waals surface area (Å²) in [6.45, 7) is 0.819. The Hall–Kier alpha value is -1.35. The van der Waals surface area contributed by atoms with E-state index < -0.39 is 0 Å². The zero-order valence-electron chi connectivity index (χ0n) is 10.1. The molecule has 1 aromatic heterocycles. The predicted molar refractivity (Wildman–Crippen MR) is 77.7 cm³/mol. The van der Waals surface area contributed by atoms with Crippen molar-refractivity contribution < 1.29 is 0 Å². The quantitative estimate of drug-likeness (QED) is 0.929. The van der Waals surface area contributed by atoms with E-state index in [2.05, 4.69) is 62.6 Å². The minimum atomic E-state index is 0.819. The van der Waals surface area contributed by atoms with Gasteiger partial charge in [-0.2, -0.15) is 0 Å². The van der Waals surface area contributed by atoms with Crippen molar-refractivity contribution in [2.24, 2.45) is 0 Å². The summed E-state index contributed by atoms with van der Waals surface area (Å²) < 4.78 is 1.11. The summed E-state index contributed by atoms with van der Waals surface area (Å²) in [6.07, 6.45) is 3.57. The second-order valence-corrected chi connectivity index (χ2v) is 5.55. The molecule has 3 rings (SSSR count). The van der Waals surface area contributed by atoms with Gasteiger partial charge in [-0.25, -0.2) is 4.98 Å². The molecular weight excluding hydrogens is 288 g/mol. The van der Waals surface area contributed by atoms with Crippen LogP contribution >= 0.6 is 15.9 Å². The molecule has 0 aliphatic heterocycles. The first-order valence-electron chi connectivity index (χ1n) is 6.28. The molecule has 0 fully saturated rings. The van der Waals surface area contributed by atoms with Crippen LogP contribution in [0, 0.1) is 0 Å². The van der Waals surface area contributed by atoms with Crippen LogP contribution in [0.4, 0.5) is 5.82 Å². The summed E-state index contributed by atoms with van der Waals surface area (Å²) in [4.78, 5) is 4.67. The zero-order valence-corrected chi connectivity index (χ0v) is 11.7. The van der Waals surface area contributed by atoms with Gasteiger partial charge in [-0.3, -0.25) is 0 Å². The lowest BCUT2D eigenvalue weighted by Crippen LogP contribution is -2.02. The topological polar surface area (TPSA) is 24.9 Å². The number of benzene rings is 1. The zero-order chi connectivity index (χ0) is 12.4. The Morgan fingerprint density at radius 1 is 1.06 bits per heavy atom. The molecule has 1 heterocycles. The molecule has 0 unspecified atom stereocenters. The number of nitrogens with zero attached hydrogens (tertiary/aromatic N) is 1. The van der Waals surface area contributed by atoms with Gasteiger partial charge >= 0.3 is 0 Å². The summed E-state index contributed by atoms with van der Waals surface area (Å²) in [6, 6.07) is 12.7. The fourth-order valence-corrected chi connectivity index (χ4v) is 2.58. The average molecular weight is 303 g/mol.